The van der Waals surface area contributed by atoms with Crippen molar-refractivity contribution >= 4 is 17.3 Å². The van der Waals surface area contributed by atoms with Gasteiger partial charge in [-0.3, -0.25) is 14.8 Å². The highest BCUT2D eigenvalue weighted by molar-refractivity contribution is 5.95. The van der Waals surface area contributed by atoms with Crippen molar-refractivity contribution < 1.29 is 9.53 Å². The Balaban J connectivity index is 1.77. The largest absolute Gasteiger partial charge is 0.482 e. The van der Waals surface area contributed by atoms with Crippen molar-refractivity contribution in [2.24, 2.45) is 0 Å². The minimum Gasteiger partial charge on any atom is -0.482 e. The van der Waals surface area contributed by atoms with E-state index in [0.29, 0.717) is 11.4 Å². The highest BCUT2D eigenvalue weighted by atomic mass is 16.5. The zero-order valence-electron chi connectivity index (χ0n) is 11.0. The van der Waals surface area contributed by atoms with Crippen LogP contribution < -0.4 is 15.4 Å². The summed E-state index contributed by atoms with van der Waals surface area (Å²) in [5.41, 5.74) is 2.46. The summed E-state index contributed by atoms with van der Waals surface area (Å²) < 4.78 is 5.38. The summed E-state index contributed by atoms with van der Waals surface area (Å²) in [7, 11) is 0. The fourth-order valence-electron chi connectivity index (χ4n) is 2.02. The van der Waals surface area contributed by atoms with Gasteiger partial charge in [-0.2, -0.15) is 0 Å². The van der Waals surface area contributed by atoms with Crippen molar-refractivity contribution in [2.45, 2.75) is 13.0 Å². The molecule has 20 heavy (non-hydrogen) atoms. The summed E-state index contributed by atoms with van der Waals surface area (Å²) >= 11 is 0. The van der Waals surface area contributed by atoms with Crippen LogP contribution in [-0.2, 0) is 4.79 Å². The molecule has 0 saturated heterocycles. The maximum atomic E-state index is 11.2. The molecule has 0 aliphatic carbocycles. The first-order valence-corrected chi connectivity index (χ1v) is 6.31. The molecule has 0 bridgehead atoms. The first kappa shape index (κ1) is 12.4. The first-order chi connectivity index (χ1) is 9.72. The van der Waals surface area contributed by atoms with Crippen molar-refractivity contribution in [3.05, 3.63) is 42.5 Å². The third-order valence-corrected chi connectivity index (χ3v) is 3.02. The summed E-state index contributed by atoms with van der Waals surface area (Å²) in [6, 6.07) is 5.60. The normalized spacial score (nSPS) is 14.8. The van der Waals surface area contributed by atoms with Crippen LogP contribution in [0, 0.1) is 0 Å². The van der Waals surface area contributed by atoms with Crippen LogP contribution in [0.25, 0.3) is 0 Å². The Labute approximate surface area is 116 Å². The predicted octanol–water partition coefficient (Wildman–Crippen LogP) is 1.98. The van der Waals surface area contributed by atoms with E-state index in [2.05, 4.69) is 20.6 Å². The number of amides is 1. The lowest BCUT2D eigenvalue weighted by atomic mass is 10.2. The van der Waals surface area contributed by atoms with Crippen LogP contribution in [0.2, 0.25) is 0 Å². The molecule has 1 aromatic carbocycles. The summed E-state index contributed by atoms with van der Waals surface area (Å²) in [4.78, 5) is 19.5. The third kappa shape index (κ3) is 2.54. The molecular weight excluding hydrogens is 256 g/mol. The molecule has 102 valence electrons. The molecule has 1 amide bonds. The molecule has 2 aromatic rings. The van der Waals surface area contributed by atoms with Crippen LogP contribution in [0.3, 0.4) is 0 Å². The lowest BCUT2D eigenvalue weighted by Crippen LogP contribution is -2.25. The van der Waals surface area contributed by atoms with Crippen LogP contribution in [-0.4, -0.2) is 22.5 Å². The minimum absolute atomic E-state index is 0.0277. The fourth-order valence-corrected chi connectivity index (χ4v) is 2.02. The lowest BCUT2D eigenvalue weighted by Gasteiger charge is -2.20. The molecule has 0 spiro atoms. The Morgan fingerprint density at radius 1 is 1.40 bits per heavy atom. The monoisotopic (exact) mass is 270 g/mol. The molecule has 0 fully saturated rings. The highest BCUT2D eigenvalue weighted by Crippen LogP contribution is 2.31. The fraction of sp³-hybridized carbons (Fsp3) is 0.214. The molecule has 3 rings (SSSR count). The van der Waals surface area contributed by atoms with Gasteiger partial charge in [-0.25, -0.2) is 0 Å². The molecule has 6 nitrogen and oxygen atoms in total. The van der Waals surface area contributed by atoms with Crippen molar-refractivity contribution in [3.63, 3.8) is 0 Å². The minimum atomic E-state index is -0.133. The number of nitrogens with one attached hydrogen (secondary N) is 2. The molecule has 2 heterocycles. The van der Waals surface area contributed by atoms with E-state index in [9.17, 15) is 4.79 Å². The van der Waals surface area contributed by atoms with Crippen molar-refractivity contribution in [2.75, 3.05) is 17.2 Å². The zero-order valence-corrected chi connectivity index (χ0v) is 11.0. The van der Waals surface area contributed by atoms with Crippen LogP contribution >= 0.6 is 0 Å². The van der Waals surface area contributed by atoms with E-state index in [1.54, 1.807) is 18.6 Å². The van der Waals surface area contributed by atoms with E-state index in [0.717, 1.165) is 11.4 Å². The number of anilines is 2. The molecule has 0 radical (unpaired) electrons. The predicted molar refractivity (Wildman–Crippen MR) is 74.6 cm³/mol. The highest BCUT2D eigenvalue weighted by Gasteiger charge is 2.16. The third-order valence-electron chi connectivity index (χ3n) is 3.02. The first-order valence-electron chi connectivity index (χ1n) is 6.31. The number of hydrogen-bond donors (Lipinski definition) is 2. The van der Waals surface area contributed by atoms with Gasteiger partial charge in [-0.15, -0.1) is 0 Å². The topological polar surface area (TPSA) is 76.1 Å². The number of ether oxygens (including phenoxy) is 1. The van der Waals surface area contributed by atoms with Gasteiger partial charge in [0.1, 0.15) is 5.75 Å². The Kier molecular flexibility index (Phi) is 3.20. The Morgan fingerprint density at radius 2 is 2.30 bits per heavy atom. The molecular formula is C14H14N4O2. The number of carbonyl (C=O) groups excluding carboxylic acids is 1. The molecule has 6 heteroatoms. The standard InChI is InChI=1S/C14H14N4O2/c1-9(12-7-15-4-5-16-12)17-10-2-3-11-13(6-10)20-8-14(19)18-11/h2-7,9,17H,8H2,1H3,(H,18,19)/t9-/m0/s1. The number of carbonyl (C=O) groups is 1. The van der Waals surface area contributed by atoms with Crippen LogP contribution in [0.1, 0.15) is 18.7 Å². The maximum Gasteiger partial charge on any atom is 0.262 e. The molecule has 1 aliphatic heterocycles. The van der Waals surface area contributed by atoms with E-state index < -0.39 is 0 Å². The van der Waals surface area contributed by atoms with Gasteiger partial charge in [-0.05, 0) is 19.1 Å². The van der Waals surface area contributed by atoms with E-state index in [1.807, 2.05) is 25.1 Å². The smallest absolute Gasteiger partial charge is 0.262 e. The van der Waals surface area contributed by atoms with Gasteiger partial charge in [0.2, 0.25) is 0 Å². The molecule has 1 aliphatic rings. The van der Waals surface area contributed by atoms with Crippen LogP contribution in [0.5, 0.6) is 5.75 Å². The SMILES string of the molecule is C[C@H](Nc1ccc2c(c1)OCC(=O)N2)c1cnccn1. The second-order valence-corrected chi connectivity index (χ2v) is 4.54. The van der Waals surface area contributed by atoms with Gasteiger partial charge in [0.25, 0.3) is 5.91 Å². The van der Waals surface area contributed by atoms with Gasteiger partial charge in [-0.1, -0.05) is 0 Å². The van der Waals surface area contributed by atoms with E-state index in [1.165, 1.54) is 0 Å². The number of rotatable bonds is 3. The maximum absolute atomic E-state index is 11.2. The van der Waals surface area contributed by atoms with Crippen LogP contribution in [0.15, 0.2) is 36.8 Å². The number of fused-ring (bicyclic) bond motifs is 1. The quantitative estimate of drug-likeness (QED) is 0.892. The van der Waals surface area contributed by atoms with Gasteiger partial charge >= 0.3 is 0 Å². The van der Waals surface area contributed by atoms with Gasteiger partial charge in [0, 0.05) is 24.1 Å². The summed E-state index contributed by atoms with van der Waals surface area (Å²) in [5.74, 6) is 0.534. The Morgan fingerprint density at radius 3 is 3.10 bits per heavy atom. The van der Waals surface area contributed by atoms with E-state index >= 15 is 0 Å². The van der Waals surface area contributed by atoms with Crippen LogP contribution in [0.4, 0.5) is 11.4 Å². The summed E-state index contributed by atoms with van der Waals surface area (Å²) in [5, 5.41) is 6.08. The summed E-state index contributed by atoms with van der Waals surface area (Å²) in [6.45, 7) is 2.06. The number of benzene rings is 1. The van der Waals surface area contributed by atoms with Gasteiger partial charge in [0.15, 0.2) is 6.61 Å². The van der Waals surface area contributed by atoms with Crippen molar-refractivity contribution in [1.82, 2.24) is 9.97 Å². The average molecular weight is 270 g/mol. The number of aromatic nitrogens is 2. The van der Waals surface area contributed by atoms with Crippen molar-refractivity contribution in [3.8, 4) is 5.75 Å². The van der Waals surface area contributed by atoms with Crippen molar-refractivity contribution in [1.29, 1.82) is 0 Å². The summed E-state index contributed by atoms with van der Waals surface area (Å²) in [6.07, 6.45) is 5.04. The average Bonchev–Trinajstić information content (AvgIpc) is 2.48. The number of nitrogens with zero attached hydrogens (tertiary/aromatic N) is 2. The zero-order chi connectivity index (χ0) is 13.9. The Hall–Kier alpha value is -2.63. The molecule has 0 saturated carbocycles. The van der Waals surface area contributed by atoms with E-state index in [4.69, 9.17) is 4.74 Å². The number of hydrogen-bond acceptors (Lipinski definition) is 5. The van der Waals surface area contributed by atoms with E-state index in [-0.39, 0.29) is 18.6 Å². The Bertz CT molecular complexity index is 630. The lowest BCUT2D eigenvalue weighted by molar-refractivity contribution is -0.118. The molecule has 0 unspecified atom stereocenters. The molecule has 1 aromatic heterocycles. The van der Waals surface area contributed by atoms with Gasteiger partial charge < -0.3 is 15.4 Å². The molecule has 1 atom stereocenters. The van der Waals surface area contributed by atoms with Gasteiger partial charge in [0.05, 0.1) is 23.6 Å². The second-order valence-electron chi connectivity index (χ2n) is 4.54. The second kappa shape index (κ2) is 5.16. The molecule has 2 N–H and O–H groups in total.